The minimum Gasteiger partial charge on any atom is -0.508 e. The van der Waals surface area contributed by atoms with E-state index in [9.17, 15) is 14.7 Å². The van der Waals surface area contributed by atoms with Crippen LogP contribution in [0.1, 0.15) is 22.3 Å². The number of aromatic hydroxyl groups is 1. The van der Waals surface area contributed by atoms with Gasteiger partial charge >= 0.3 is 0 Å². The quantitative estimate of drug-likeness (QED) is 0.814. The fourth-order valence-corrected chi connectivity index (χ4v) is 3.14. The van der Waals surface area contributed by atoms with E-state index in [2.05, 4.69) is 5.32 Å². The van der Waals surface area contributed by atoms with Crippen LogP contribution in [-0.4, -0.2) is 41.5 Å². The van der Waals surface area contributed by atoms with E-state index in [0.717, 1.165) is 17.6 Å². The van der Waals surface area contributed by atoms with Gasteiger partial charge in [0.1, 0.15) is 5.75 Å². The summed E-state index contributed by atoms with van der Waals surface area (Å²) in [6, 6.07) is 11.6. The molecular formula is C20H18Cl2N2O3. The molecule has 0 saturated heterocycles. The molecule has 3 rings (SSSR count). The average molecular weight is 405 g/mol. The van der Waals surface area contributed by atoms with Crippen molar-refractivity contribution in [3.05, 3.63) is 69.7 Å². The maximum absolute atomic E-state index is 12.3. The van der Waals surface area contributed by atoms with Gasteiger partial charge in [0, 0.05) is 18.7 Å². The van der Waals surface area contributed by atoms with Crippen LogP contribution in [0.25, 0.3) is 5.57 Å². The third kappa shape index (κ3) is 4.81. The Labute approximate surface area is 167 Å². The van der Waals surface area contributed by atoms with E-state index in [1.54, 1.807) is 29.2 Å². The van der Waals surface area contributed by atoms with Crippen molar-refractivity contribution in [2.75, 3.05) is 19.6 Å². The molecule has 0 aliphatic carbocycles. The Morgan fingerprint density at radius 2 is 1.81 bits per heavy atom. The third-order valence-corrected chi connectivity index (χ3v) is 5.12. The molecule has 1 heterocycles. The second-order valence-electron chi connectivity index (χ2n) is 6.18. The molecule has 2 aromatic carbocycles. The van der Waals surface area contributed by atoms with Crippen molar-refractivity contribution >= 4 is 40.6 Å². The first-order chi connectivity index (χ1) is 12.9. The van der Waals surface area contributed by atoms with E-state index in [1.165, 1.54) is 6.07 Å². The Morgan fingerprint density at radius 1 is 1.07 bits per heavy atom. The molecule has 7 heteroatoms. The summed E-state index contributed by atoms with van der Waals surface area (Å²) >= 11 is 11.7. The number of phenols is 1. The molecular weight excluding hydrogens is 387 g/mol. The zero-order chi connectivity index (χ0) is 19.4. The number of hydrogen-bond acceptors (Lipinski definition) is 3. The smallest absolute Gasteiger partial charge is 0.251 e. The molecule has 0 bridgehead atoms. The number of phenolic OH excluding ortho intramolecular Hbond substituents is 1. The summed E-state index contributed by atoms with van der Waals surface area (Å²) in [5, 5.41) is 12.6. The Morgan fingerprint density at radius 3 is 2.44 bits per heavy atom. The molecule has 0 radical (unpaired) electrons. The van der Waals surface area contributed by atoms with Crippen LogP contribution in [0.15, 0.2) is 48.5 Å². The minimum absolute atomic E-state index is 0.0819. The van der Waals surface area contributed by atoms with E-state index in [4.69, 9.17) is 23.2 Å². The second kappa shape index (κ2) is 8.46. The van der Waals surface area contributed by atoms with E-state index < -0.39 is 0 Å². The fraction of sp³-hybridized carbons (Fsp3) is 0.200. The maximum atomic E-state index is 12.3. The average Bonchev–Trinajstić information content (AvgIpc) is 2.68. The minimum atomic E-state index is -0.376. The Balaban J connectivity index is 1.54. The number of hydrogen-bond donors (Lipinski definition) is 2. The van der Waals surface area contributed by atoms with E-state index in [1.807, 2.05) is 18.2 Å². The van der Waals surface area contributed by atoms with Crippen LogP contribution >= 0.6 is 23.2 Å². The van der Waals surface area contributed by atoms with Gasteiger partial charge in [-0.1, -0.05) is 41.4 Å². The van der Waals surface area contributed by atoms with Crippen LogP contribution in [0, 0.1) is 0 Å². The van der Waals surface area contributed by atoms with Gasteiger partial charge in [0.15, 0.2) is 0 Å². The molecule has 0 spiro atoms. The van der Waals surface area contributed by atoms with Gasteiger partial charge in [-0.15, -0.1) is 0 Å². The molecule has 1 aliphatic rings. The molecule has 0 fully saturated rings. The molecule has 140 valence electrons. The predicted molar refractivity (Wildman–Crippen MR) is 106 cm³/mol. The normalized spacial score (nSPS) is 13.9. The van der Waals surface area contributed by atoms with Crippen molar-refractivity contribution in [1.82, 2.24) is 10.2 Å². The summed E-state index contributed by atoms with van der Waals surface area (Å²) in [6.45, 7) is 0.979. The SMILES string of the molecule is O=C(NCC(=O)N1CC=C(c2ccc(O)cc2)CC1)c1ccc(Cl)c(Cl)c1. The summed E-state index contributed by atoms with van der Waals surface area (Å²) in [7, 11) is 0. The summed E-state index contributed by atoms with van der Waals surface area (Å²) in [4.78, 5) is 26.2. The number of benzene rings is 2. The maximum Gasteiger partial charge on any atom is 0.251 e. The molecule has 0 aromatic heterocycles. The highest BCUT2D eigenvalue weighted by Gasteiger charge is 2.19. The molecule has 27 heavy (non-hydrogen) atoms. The van der Waals surface area contributed by atoms with Gasteiger partial charge in [-0.2, -0.15) is 0 Å². The van der Waals surface area contributed by atoms with Gasteiger partial charge in [-0.05, 0) is 47.9 Å². The number of rotatable bonds is 4. The van der Waals surface area contributed by atoms with Gasteiger partial charge in [-0.25, -0.2) is 0 Å². The van der Waals surface area contributed by atoms with E-state index >= 15 is 0 Å². The lowest BCUT2D eigenvalue weighted by atomic mass is 9.99. The third-order valence-electron chi connectivity index (χ3n) is 4.38. The highest BCUT2D eigenvalue weighted by Crippen LogP contribution is 2.24. The predicted octanol–water partition coefficient (Wildman–Crippen LogP) is 3.74. The first kappa shape index (κ1) is 19.3. The molecule has 0 saturated carbocycles. The van der Waals surface area contributed by atoms with Crippen molar-refractivity contribution < 1.29 is 14.7 Å². The van der Waals surface area contributed by atoms with Crippen molar-refractivity contribution in [1.29, 1.82) is 0 Å². The Hall–Kier alpha value is -2.50. The molecule has 2 N–H and O–H groups in total. The summed E-state index contributed by atoms with van der Waals surface area (Å²) < 4.78 is 0. The number of halogens is 2. The summed E-state index contributed by atoms with van der Waals surface area (Å²) in [5.41, 5.74) is 2.53. The molecule has 0 unspecified atom stereocenters. The first-order valence-electron chi connectivity index (χ1n) is 8.43. The lowest BCUT2D eigenvalue weighted by molar-refractivity contribution is -0.129. The zero-order valence-electron chi connectivity index (χ0n) is 14.4. The molecule has 5 nitrogen and oxygen atoms in total. The van der Waals surface area contributed by atoms with Crippen molar-refractivity contribution in [3.63, 3.8) is 0 Å². The monoisotopic (exact) mass is 404 g/mol. The van der Waals surface area contributed by atoms with Crippen LogP contribution in [0.4, 0.5) is 0 Å². The lowest BCUT2D eigenvalue weighted by Crippen LogP contribution is -2.42. The fourth-order valence-electron chi connectivity index (χ4n) is 2.84. The van der Waals surface area contributed by atoms with Crippen LogP contribution in [0.5, 0.6) is 5.75 Å². The van der Waals surface area contributed by atoms with Crippen LogP contribution in [0.2, 0.25) is 10.0 Å². The zero-order valence-corrected chi connectivity index (χ0v) is 15.9. The number of nitrogens with one attached hydrogen (secondary N) is 1. The van der Waals surface area contributed by atoms with Crippen molar-refractivity contribution in [2.45, 2.75) is 6.42 Å². The number of amides is 2. The van der Waals surface area contributed by atoms with E-state index in [0.29, 0.717) is 28.7 Å². The van der Waals surface area contributed by atoms with E-state index in [-0.39, 0.29) is 24.1 Å². The summed E-state index contributed by atoms with van der Waals surface area (Å²) in [6.07, 6.45) is 2.71. The number of carbonyl (C=O) groups excluding carboxylic acids is 2. The second-order valence-corrected chi connectivity index (χ2v) is 6.99. The van der Waals surface area contributed by atoms with Crippen LogP contribution in [-0.2, 0) is 4.79 Å². The number of carbonyl (C=O) groups is 2. The number of nitrogens with zero attached hydrogens (tertiary/aromatic N) is 1. The topological polar surface area (TPSA) is 69.6 Å². The highest BCUT2D eigenvalue weighted by atomic mass is 35.5. The Kier molecular flexibility index (Phi) is 6.04. The van der Waals surface area contributed by atoms with Crippen molar-refractivity contribution in [3.8, 4) is 5.75 Å². The standard InChI is InChI=1S/C20H18Cl2N2O3/c21-17-6-3-15(11-18(17)22)20(27)23-12-19(26)24-9-7-14(8-10-24)13-1-4-16(25)5-2-13/h1-7,11,25H,8-10,12H2,(H,23,27). The lowest BCUT2D eigenvalue weighted by Gasteiger charge is -2.27. The Bertz CT molecular complexity index is 895. The largest absolute Gasteiger partial charge is 0.508 e. The first-order valence-corrected chi connectivity index (χ1v) is 9.19. The van der Waals surface area contributed by atoms with Crippen LogP contribution in [0.3, 0.4) is 0 Å². The highest BCUT2D eigenvalue weighted by molar-refractivity contribution is 6.42. The molecule has 0 atom stereocenters. The van der Waals surface area contributed by atoms with Gasteiger partial charge in [0.05, 0.1) is 16.6 Å². The summed E-state index contributed by atoms with van der Waals surface area (Å²) in [5.74, 6) is -0.298. The van der Waals surface area contributed by atoms with Gasteiger partial charge in [-0.3, -0.25) is 9.59 Å². The molecule has 2 amide bonds. The van der Waals surface area contributed by atoms with Crippen molar-refractivity contribution in [2.24, 2.45) is 0 Å². The molecule has 2 aromatic rings. The molecule has 1 aliphatic heterocycles. The van der Waals surface area contributed by atoms with Gasteiger partial charge in [0.25, 0.3) is 5.91 Å². The van der Waals surface area contributed by atoms with Gasteiger partial charge in [0.2, 0.25) is 5.91 Å². The van der Waals surface area contributed by atoms with Gasteiger partial charge < -0.3 is 15.3 Å². The van der Waals surface area contributed by atoms with Crippen LogP contribution < -0.4 is 5.32 Å².